The Morgan fingerprint density at radius 1 is 1.03 bits per heavy atom. The number of nitrogens with zero attached hydrogens (tertiary/aromatic N) is 3. The average Bonchev–Trinajstić information content (AvgIpc) is 2.80. The van der Waals surface area contributed by atoms with Crippen LogP contribution in [-0.4, -0.2) is 33.8 Å². The standard InChI is InChI=1S/C24H22N4O3/c1-16-12-18(6-9-22(16)31-19-7-10-23(30-2)25-14-19)28-24-20-13-17(4-3-11-29)5-8-21(20)26-15-27-24/h3-10,12-15,29H,11H2,1-2H3,(H,26,27,28)/b4-3+. The maximum atomic E-state index is 9.01. The second-order valence-electron chi connectivity index (χ2n) is 6.83. The van der Waals surface area contributed by atoms with Crippen molar-refractivity contribution < 1.29 is 14.6 Å². The van der Waals surface area contributed by atoms with Crippen LogP contribution in [0.2, 0.25) is 0 Å². The number of methoxy groups -OCH3 is 1. The maximum absolute atomic E-state index is 9.01. The van der Waals surface area contributed by atoms with Gasteiger partial charge in [0.05, 0.1) is 25.4 Å². The maximum Gasteiger partial charge on any atom is 0.213 e. The molecule has 4 aromatic rings. The van der Waals surface area contributed by atoms with Crippen molar-refractivity contribution in [2.75, 3.05) is 19.0 Å². The summed E-state index contributed by atoms with van der Waals surface area (Å²) in [6, 6.07) is 15.3. The topological polar surface area (TPSA) is 89.4 Å². The molecular weight excluding hydrogens is 392 g/mol. The van der Waals surface area contributed by atoms with Crippen molar-refractivity contribution in [3.05, 3.63) is 78.3 Å². The SMILES string of the molecule is COc1ccc(Oc2ccc(Nc3ncnc4ccc(/C=C/CO)cc34)cc2C)cn1. The summed E-state index contributed by atoms with van der Waals surface area (Å²) < 4.78 is 11.0. The molecule has 0 saturated carbocycles. The van der Waals surface area contributed by atoms with E-state index in [9.17, 15) is 0 Å². The van der Waals surface area contributed by atoms with Gasteiger partial charge in [0.25, 0.3) is 0 Å². The molecule has 31 heavy (non-hydrogen) atoms. The van der Waals surface area contributed by atoms with E-state index in [0.717, 1.165) is 33.5 Å². The van der Waals surface area contributed by atoms with Crippen molar-refractivity contribution in [3.8, 4) is 17.4 Å². The highest BCUT2D eigenvalue weighted by molar-refractivity contribution is 5.92. The predicted molar refractivity (Wildman–Crippen MR) is 121 cm³/mol. The van der Waals surface area contributed by atoms with Gasteiger partial charge in [-0.05, 0) is 54.4 Å². The third-order valence-corrected chi connectivity index (χ3v) is 4.66. The lowest BCUT2D eigenvalue weighted by Crippen LogP contribution is -1.97. The first-order chi connectivity index (χ1) is 15.2. The van der Waals surface area contributed by atoms with E-state index in [0.29, 0.717) is 17.4 Å². The van der Waals surface area contributed by atoms with Crippen LogP contribution in [0.5, 0.6) is 17.4 Å². The third kappa shape index (κ3) is 4.79. The summed E-state index contributed by atoms with van der Waals surface area (Å²) in [6.07, 6.45) is 6.72. The van der Waals surface area contributed by atoms with Crippen molar-refractivity contribution in [2.45, 2.75) is 6.92 Å². The molecule has 4 rings (SSSR count). The van der Waals surface area contributed by atoms with Crippen molar-refractivity contribution >= 4 is 28.5 Å². The van der Waals surface area contributed by atoms with E-state index < -0.39 is 0 Å². The smallest absolute Gasteiger partial charge is 0.213 e. The summed E-state index contributed by atoms with van der Waals surface area (Å²) in [5, 5.41) is 13.3. The molecule has 0 radical (unpaired) electrons. The van der Waals surface area contributed by atoms with E-state index in [-0.39, 0.29) is 6.61 Å². The van der Waals surface area contributed by atoms with Crippen LogP contribution in [0.4, 0.5) is 11.5 Å². The fraction of sp³-hybridized carbons (Fsp3) is 0.125. The second-order valence-corrected chi connectivity index (χ2v) is 6.83. The van der Waals surface area contributed by atoms with Gasteiger partial charge in [-0.2, -0.15) is 0 Å². The molecule has 2 aromatic carbocycles. The molecule has 0 atom stereocenters. The lowest BCUT2D eigenvalue weighted by atomic mass is 10.1. The molecule has 0 spiro atoms. The minimum Gasteiger partial charge on any atom is -0.481 e. The highest BCUT2D eigenvalue weighted by atomic mass is 16.5. The molecule has 0 aliphatic rings. The van der Waals surface area contributed by atoms with Crippen LogP contribution in [0.1, 0.15) is 11.1 Å². The number of benzene rings is 2. The number of aromatic nitrogens is 3. The number of aliphatic hydroxyl groups excluding tert-OH is 1. The Bertz CT molecular complexity index is 1220. The van der Waals surface area contributed by atoms with Gasteiger partial charge >= 0.3 is 0 Å². The van der Waals surface area contributed by atoms with Gasteiger partial charge < -0.3 is 19.9 Å². The molecule has 2 heterocycles. The van der Waals surface area contributed by atoms with Gasteiger partial charge in [-0.3, -0.25) is 0 Å². The zero-order valence-electron chi connectivity index (χ0n) is 17.2. The monoisotopic (exact) mass is 414 g/mol. The lowest BCUT2D eigenvalue weighted by molar-refractivity contribution is 0.343. The normalized spacial score (nSPS) is 11.1. The van der Waals surface area contributed by atoms with Crippen molar-refractivity contribution in [1.82, 2.24) is 15.0 Å². The largest absolute Gasteiger partial charge is 0.481 e. The Morgan fingerprint density at radius 2 is 1.94 bits per heavy atom. The molecule has 156 valence electrons. The minimum absolute atomic E-state index is 0.00524. The van der Waals surface area contributed by atoms with Crippen molar-refractivity contribution in [2.24, 2.45) is 0 Å². The second kappa shape index (κ2) is 9.23. The van der Waals surface area contributed by atoms with Crippen LogP contribution in [0.25, 0.3) is 17.0 Å². The van der Waals surface area contributed by atoms with E-state index >= 15 is 0 Å². The molecule has 2 aromatic heterocycles. The van der Waals surface area contributed by atoms with Crippen molar-refractivity contribution in [3.63, 3.8) is 0 Å². The first-order valence-corrected chi connectivity index (χ1v) is 9.74. The van der Waals surface area contributed by atoms with Gasteiger partial charge in [-0.25, -0.2) is 15.0 Å². The zero-order chi connectivity index (χ0) is 21.6. The van der Waals surface area contributed by atoms with Gasteiger partial charge in [0.2, 0.25) is 5.88 Å². The van der Waals surface area contributed by atoms with Crippen LogP contribution >= 0.6 is 0 Å². The van der Waals surface area contributed by atoms with Gasteiger partial charge in [0.1, 0.15) is 23.6 Å². The number of hydrogen-bond donors (Lipinski definition) is 2. The molecule has 0 saturated heterocycles. The quantitative estimate of drug-likeness (QED) is 0.445. The zero-order valence-corrected chi connectivity index (χ0v) is 17.2. The minimum atomic E-state index is -0.00524. The van der Waals surface area contributed by atoms with Gasteiger partial charge in [0.15, 0.2) is 0 Å². The van der Waals surface area contributed by atoms with E-state index in [2.05, 4.69) is 20.3 Å². The number of aryl methyl sites for hydroxylation is 1. The Kier molecular flexibility index (Phi) is 6.05. The Morgan fingerprint density at radius 3 is 2.68 bits per heavy atom. The van der Waals surface area contributed by atoms with E-state index in [1.165, 1.54) is 6.33 Å². The molecular formula is C24H22N4O3. The van der Waals surface area contributed by atoms with Crippen LogP contribution in [-0.2, 0) is 0 Å². The lowest BCUT2D eigenvalue weighted by Gasteiger charge is -2.12. The Hall–Kier alpha value is -3.97. The van der Waals surface area contributed by atoms with Crippen LogP contribution in [0.15, 0.2) is 67.1 Å². The summed E-state index contributed by atoms with van der Waals surface area (Å²) in [5.74, 6) is 2.61. The van der Waals surface area contributed by atoms with E-state index in [1.807, 2.05) is 55.5 Å². The van der Waals surface area contributed by atoms with Gasteiger partial charge in [-0.15, -0.1) is 0 Å². The number of aliphatic hydroxyl groups is 1. The number of hydrogen-bond acceptors (Lipinski definition) is 7. The first kappa shape index (κ1) is 20.3. The number of rotatable bonds is 7. The summed E-state index contributed by atoms with van der Waals surface area (Å²) in [4.78, 5) is 12.9. The van der Waals surface area contributed by atoms with E-state index in [4.69, 9.17) is 14.6 Å². The fourth-order valence-corrected chi connectivity index (χ4v) is 3.12. The third-order valence-electron chi connectivity index (χ3n) is 4.66. The highest BCUT2D eigenvalue weighted by Crippen LogP contribution is 2.30. The molecule has 0 fully saturated rings. The molecule has 0 bridgehead atoms. The number of ether oxygens (including phenoxy) is 2. The number of pyridine rings is 1. The first-order valence-electron chi connectivity index (χ1n) is 9.74. The molecule has 0 aliphatic heterocycles. The molecule has 0 unspecified atom stereocenters. The molecule has 7 nitrogen and oxygen atoms in total. The Labute approximate surface area is 180 Å². The molecule has 2 N–H and O–H groups in total. The summed E-state index contributed by atoms with van der Waals surface area (Å²) in [5.41, 5.74) is 3.65. The summed E-state index contributed by atoms with van der Waals surface area (Å²) in [7, 11) is 1.58. The summed E-state index contributed by atoms with van der Waals surface area (Å²) >= 11 is 0. The van der Waals surface area contributed by atoms with Crippen LogP contribution in [0.3, 0.4) is 0 Å². The van der Waals surface area contributed by atoms with Crippen molar-refractivity contribution in [1.29, 1.82) is 0 Å². The number of fused-ring (bicyclic) bond motifs is 1. The van der Waals surface area contributed by atoms with E-state index in [1.54, 1.807) is 25.4 Å². The molecule has 7 heteroatoms. The fourth-order valence-electron chi connectivity index (χ4n) is 3.12. The Balaban J connectivity index is 1.57. The number of anilines is 2. The van der Waals surface area contributed by atoms with Gasteiger partial charge in [-0.1, -0.05) is 18.2 Å². The predicted octanol–water partition coefficient (Wildman–Crippen LogP) is 4.88. The average molecular weight is 414 g/mol. The molecule has 0 aliphatic carbocycles. The van der Waals surface area contributed by atoms with Crippen LogP contribution in [0, 0.1) is 6.92 Å². The van der Waals surface area contributed by atoms with Crippen LogP contribution < -0.4 is 14.8 Å². The molecule has 0 amide bonds. The highest BCUT2D eigenvalue weighted by Gasteiger charge is 2.08. The number of nitrogens with one attached hydrogen (secondary N) is 1. The van der Waals surface area contributed by atoms with Gasteiger partial charge in [0, 0.05) is 17.1 Å². The summed E-state index contributed by atoms with van der Waals surface area (Å²) in [6.45, 7) is 1.97.